The molecule has 2 atom stereocenters. The van der Waals surface area contributed by atoms with Gasteiger partial charge in [-0.05, 0) is 56.0 Å². The molecule has 0 aliphatic carbocycles. The SMILES string of the molecule is COc1ccc(-c2nnc(SC(C#N)Cc3ccc(C)cc3)n2CC2CCCO2)cc1. The number of methoxy groups -OCH3 is 1. The summed E-state index contributed by atoms with van der Waals surface area (Å²) < 4.78 is 13.3. The second-order valence-electron chi connectivity index (χ2n) is 7.71. The molecule has 31 heavy (non-hydrogen) atoms. The van der Waals surface area contributed by atoms with Crippen LogP contribution in [-0.2, 0) is 17.7 Å². The third-order valence-electron chi connectivity index (χ3n) is 5.41. The van der Waals surface area contributed by atoms with Crippen molar-refractivity contribution in [2.45, 2.75) is 49.2 Å². The standard InChI is InChI=1S/C24H26N4O2S/c1-17-5-7-18(8-6-17)14-22(15-25)31-24-27-26-23(19-9-11-20(29-2)12-10-19)28(24)16-21-4-3-13-30-21/h5-12,21-22H,3-4,13-14,16H2,1-2H3. The first-order chi connectivity index (χ1) is 15.2. The molecule has 2 heterocycles. The van der Waals surface area contributed by atoms with E-state index in [9.17, 15) is 5.26 Å². The lowest BCUT2D eigenvalue weighted by atomic mass is 10.1. The minimum absolute atomic E-state index is 0.144. The highest BCUT2D eigenvalue weighted by Crippen LogP contribution is 2.30. The van der Waals surface area contributed by atoms with Crippen LogP contribution in [0.2, 0.25) is 0 Å². The van der Waals surface area contributed by atoms with E-state index in [1.54, 1.807) is 7.11 Å². The zero-order valence-corrected chi connectivity index (χ0v) is 18.6. The van der Waals surface area contributed by atoms with Gasteiger partial charge in [0.25, 0.3) is 0 Å². The van der Waals surface area contributed by atoms with Crippen molar-refractivity contribution in [3.8, 4) is 23.2 Å². The Morgan fingerprint density at radius 3 is 2.61 bits per heavy atom. The maximum atomic E-state index is 9.79. The fourth-order valence-corrected chi connectivity index (χ4v) is 4.62. The molecule has 0 N–H and O–H groups in total. The number of aryl methyl sites for hydroxylation is 1. The quantitative estimate of drug-likeness (QED) is 0.480. The molecule has 1 aromatic heterocycles. The molecule has 2 unspecified atom stereocenters. The lowest BCUT2D eigenvalue weighted by Crippen LogP contribution is -2.17. The summed E-state index contributed by atoms with van der Waals surface area (Å²) in [5, 5.41) is 19.2. The summed E-state index contributed by atoms with van der Waals surface area (Å²) in [5.41, 5.74) is 3.32. The van der Waals surface area contributed by atoms with E-state index in [0.717, 1.165) is 47.3 Å². The van der Waals surface area contributed by atoms with Gasteiger partial charge >= 0.3 is 0 Å². The first kappa shape index (κ1) is 21.4. The predicted molar refractivity (Wildman–Crippen MR) is 121 cm³/mol. The van der Waals surface area contributed by atoms with Crippen LogP contribution in [0, 0.1) is 18.3 Å². The van der Waals surface area contributed by atoms with Crippen LogP contribution in [0.5, 0.6) is 5.75 Å². The van der Waals surface area contributed by atoms with Crippen LogP contribution < -0.4 is 4.74 Å². The summed E-state index contributed by atoms with van der Waals surface area (Å²) >= 11 is 1.47. The van der Waals surface area contributed by atoms with Gasteiger partial charge in [0.15, 0.2) is 11.0 Å². The summed E-state index contributed by atoms with van der Waals surface area (Å²) in [4.78, 5) is 0. The van der Waals surface area contributed by atoms with Crippen LogP contribution in [0.15, 0.2) is 53.7 Å². The van der Waals surface area contributed by atoms with Gasteiger partial charge in [-0.25, -0.2) is 0 Å². The maximum Gasteiger partial charge on any atom is 0.192 e. The van der Waals surface area contributed by atoms with Crippen molar-refractivity contribution in [2.75, 3.05) is 13.7 Å². The third-order valence-corrected chi connectivity index (χ3v) is 6.48. The molecule has 0 bridgehead atoms. The largest absolute Gasteiger partial charge is 0.497 e. The molecule has 4 rings (SSSR count). The van der Waals surface area contributed by atoms with Crippen molar-refractivity contribution in [1.29, 1.82) is 5.26 Å². The molecule has 160 valence electrons. The van der Waals surface area contributed by atoms with E-state index in [4.69, 9.17) is 9.47 Å². The Bertz CT molecular complexity index is 1030. The highest BCUT2D eigenvalue weighted by atomic mass is 32.2. The van der Waals surface area contributed by atoms with Gasteiger partial charge in [0, 0.05) is 12.2 Å². The molecule has 0 radical (unpaired) electrons. The maximum absolute atomic E-state index is 9.79. The van der Waals surface area contributed by atoms with E-state index in [2.05, 4.69) is 52.0 Å². The number of nitrogens with zero attached hydrogens (tertiary/aromatic N) is 4. The van der Waals surface area contributed by atoms with Crippen LogP contribution in [-0.4, -0.2) is 39.8 Å². The molecular weight excluding hydrogens is 408 g/mol. The lowest BCUT2D eigenvalue weighted by Gasteiger charge is -2.16. The molecule has 1 aliphatic rings. The van der Waals surface area contributed by atoms with E-state index < -0.39 is 0 Å². The van der Waals surface area contributed by atoms with Gasteiger partial charge in [0.2, 0.25) is 0 Å². The molecule has 3 aromatic rings. The van der Waals surface area contributed by atoms with Crippen molar-refractivity contribution in [2.24, 2.45) is 0 Å². The van der Waals surface area contributed by atoms with Crippen LogP contribution in [0.25, 0.3) is 11.4 Å². The molecule has 1 aliphatic heterocycles. The Kier molecular flexibility index (Phi) is 6.90. The zero-order chi connectivity index (χ0) is 21.6. The van der Waals surface area contributed by atoms with Gasteiger partial charge in [-0.15, -0.1) is 10.2 Å². The van der Waals surface area contributed by atoms with Crippen molar-refractivity contribution < 1.29 is 9.47 Å². The van der Waals surface area contributed by atoms with E-state index in [0.29, 0.717) is 13.0 Å². The summed E-state index contributed by atoms with van der Waals surface area (Å²) in [5.74, 6) is 1.58. The topological polar surface area (TPSA) is 73.0 Å². The zero-order valence-electron chi connectivity index (χ0n) is 17.8. The minimum Gasteiger partial charge on any atom is -0.497 e. The van der Waals surface area contributed by atoms with Crippen LogP contribution in [0.3, 0.4) is 0 Å². The molecule has 6 nitrogen and oxygen atoms in total. The summed E-state index contributed by atoms with van der Waals surface area (Å²) in [6.45, 7) is 3.54. The van der Waals surface area contributed by atoms with Gasteiger partial charge in [-0.3, -0.25) is 4.57 Å². The normalized spacial score (nSPS) is 16.7. The number of ether oxygens (including phenoxy) is 2. The van der Waals surface area contributed by atoms with E-state index in [1.165, 1.54) is 17.3 Å². The van der Waals surface area contributed by atoms with Gasteiger partial charge in [-0.1, -0.05) is 41.6 Å². The Morgan fingerprint density at radius 1 is 1.19 bits per heavy atom. The lowest BCUT2D eigenvalue weighted by molar-refractivity contribution is 0.0953. The van der Waals surface area contributed by atoms with Gasteiger partial charge in [0.1, 0.15) is 11.0 Å². The predicted octanol–water partition coefficient (Wildman–Crippen LogP) is 4.67. The summed E-state index contributed by atoms with van der Waals surface area (Å²) in [6, 6.07) is 18.6. The highest BCUT2D eigenvalue weighted by Gasteiger charge is 2.24. The van der Waals surface area contributed by atoms with Crippen molar-refractivity contribution in [3.63, 3.8) is 0 Å². The average molecular weight is 435 g/mol. The van der Waals surface area contributed by atoms with E-state index in [1.807, 2.05) is 24.3 Å². The van der Waals surface area contributed by atoms with Crippen molar-refractivity contribution in [3.05, 3.63) is 59.7 Å². The number of hydrogen-bond donors (Lipinski definition) is 0. The van der Waals surface area contributed by atoms with Gasteiger partial charge in [-0.2, -0.15) is 5.26 Å². The monoisotopic (exact) mass is 434 g/mol. The second kappa shape index (κ2) is 9.99. The summed E-state index contributed by atoms with van der Waals surface area (Å²) in [7, 11) is 1.65. The third kappa shape index (κ3) is 5.27. The first-order valence-electron chi connectivity index (χ1n) is 10.5. The van der Waals surface area contributed by atoms with Crippen LogP contribution in [0.1, 0.15) is 24.0 Å². The van der Waals surface area contributed by atoms with Crippen molar-refractivity contribution >= 4 is 11.8 Å². The minimum atomic E-state index is -0.251. The number of rotatable bonds is 8. The average Bonchev–Trinajstić information content (AvgIpc) is 3.45. The van der Waals surface area contributed by atoms with Crippen molar-refractivity contribution in [1.82, 2.24) is 14.8 Å². The number of benzene rings is 2. The smallest absolute Gasteiger partial charge is 0.192 e. The Labute approximate surface area is 187 Å². The summed E-state index contributed by atoms with van der Waals surface area (Å²) in [6.07, 6.45) is 2.90. The molecule has 0 spiro atoms. The highest BCUT2D eigenvalue weighted by molar-refractivity contribution is 8.00. The van der Waals surface area contributed by atoms with Gasteiger partial charge < -0.3 is 9.47 Å². The van der Waals surface area contributed by atoms with E-state index in [-0.39, 0.29) is 11.4 Å². The second-order valence-corrected chi connectivity index (χ2v) is 8.88. The van der Waals surface area contributed by atoms with E-state index >= 15 is 0 Å². The molecule has 1 fully saturated rings. The van der Waals surface area contributed by atoms with Crippen LogP contribution in [0.4, 0.5) is 0 Å². The number of thioether (sulfide) groups is 1. The Balaban J connectivity index is 1.59. The molecule has 7 heteroatoms. The molecule has 2 aromatic carbocycles. The molecule has 1 saturated heterocycles. The first-order valence-corrected chi connectivity index (χ1v) is 11.4. The number of nitriles is 1. The van der Waals surface area contributed by atoms with Gasteiger partial charge in [0.05, 0.1) is 25.8 Å². The molecule has 0 amide bonds. The fraction of sp³-hybridized carbons (Fsp3) is 0.375. The molecular formula is C24H26N4O2S. The Morgan fingerprint density at radius 2 is 1.97 bits per heavy atom. The molecule has 0 saturated carbocycles. The number of aromatic nitrogens is 3. The Hall–Kier alpha value is -2.82. The van der Waals surface area contributed by atoms with Crippen LogP contribution >= 0.6 is 11.8 Å². The fourth-order valence-electron chi connectivity index (χ4n) is 3.67. The number of hydrogen-bond acceptors (Lipinski definition) is 6.